The number of ether oxygens (including phenoxy) is 1. The summed E-state index contributed by atoms with van der Waals surface area (Å²) in [7, 11) is 1.82. The summed E-state index contributed by atoms with van der Waals surface area (Å²) in [4.78, 5) is 11.2. The summed E-state index contributed by atoms with van der Waals surface area (Å²) in [6.45, 7) is 4.70. The van der Waals surface area contributed by atoms with E-state index in [9.17, 15) is 0 Å². The van der Waals surface area contributed by atoms with Crippen LogP contribution in [0.3, 0.4) is 0 Å². The van der Waals surface area contributed by atoms with Crippen LogP contribution in [0.2, 0.25) is 0 Å². The number of nitrogens with zero attached hydrogens (tertiary/aromatic N) is 3. The number of aliphatic imine (C=N–C) groups is 1. The lowest BCUT2D eigenvalue weighted by Gasteiger charge is -2.22. The minimum absolute atomic E-state index is 0.493. The van der Waals surface area contributed by atoms with Gasteiger partial charge in [-0.3, -0.25) is 4.99 Å². The second-order valence-electron chi connectivity index (χ2n) is 7.55. The average molecular weight is 374 g/mol. The molecule has 0 unspecified atom stereocenters. The molecule has 6 nitrogen and oxygen atoms in total. The van der Waals surface area contributed by atoms with Crippen molar-refractivity contribution < 1.29 is 4.74 Å². The molecule has 2 aliphatic rings. The van der Waals surface area contributed by atoms with Crippen LogP contribution in [0, 0.1) is 0 Å². The Morgan fingerprint density at radius 3 is 2.78 bits per heavy atom. The van der Waals surface area contributed by atoms with Crippen LogP contribution in [0.15, 0.2) is 23.3 Å². The molecule has 2 heterocycles. The maximum Gasteiger partial charge on any atom is 0.191 e. The first-order valence-electron chi connectivity index (χ1n) is 10.6. The second kappa shape index (κ2) is 11.1. The maximum atomic E-state index is 5.98. The molecule has 1 aromatic heterocycles. The van der Waals surface area contributed by atoms with E-state index in [1.54, 1.807) is 0 Å². The molecule has 0 amide bonds. The van der Waals surface area contributed by atoms with Crippen LogP contribution < -0.4 is 15.5 Å². The Morgan fingerprint density at radius 1 is 1.19 bits per heavy atom. The molecule has 1 saturated carbocycles. The average Bonchev–Trinajstić information content (AvgIpc) is 3.26. The first-order valence-corrected chi connectivity index (χ1v) is 10.6. The van der Waals surface area contributed by atoms with Crippen molar-refractivity contribution in [3.8, 4) is 0 Å². The Labute approximate surface area is 163 Å². The maximum absolute atomic E-state index is 5.98. The Kier molecular flexibility index (Phi) is 8.21. The molecule has 0 bridgehead atoms. The third-order valence-corrected chi connectivity index (χ3v) is 5.44. The second-order valence-corrected chi connectivity index (χ2v) is 7.55. The number of guanidine groups is 1. The van der Waals surface area contributed by atoms with Crippen LogP contribution in [-0.2, 0) is 11.3 Å². The molecule has 6 heteroatoms. The monoisotopic (exact) mass is 373 g/mol. The summed E-state index contributed by atoms with van der Waals surface area (Å²) in [5.74, 6) is 1.93. The molecule has 0 atom stereocenters. The highest BCUT2D eigenvalue weighted by atomic mass is 16.5. The molecule has 3 rings (SSSR count). The molecule has 27 heavy (non-hydrogen) atoms. The van der Waals surface area contributed by atoms with E-state index >= 15 is 0 Å². The molecule has 0 aromatic carbocycles. The molecule has 1 saturated heterocycles. The number of rotatable bonds is 8. The molecule has 2 fully saturated rings. The highest BCUT2D eigenvalue weighted by Crippen LogP contribution is 2.20. The van der Waals surface area contributed by atoms with Crippen molar-refractivity contribution in [2.45, 2.75) is 64.0 Å². The third kappa shape index (κ3) is 6.69. The Hall–Kier alpha value is -1.82. The van der Waals surface area contributed by atoms with E-state index in [0.717, 1.165) is 51.0 Å². The highest BCUT2D eigenvalue weighted by molar-refractivity contribution is 5.79. The number of anilines is 1. The fourth-order valence-electron chi connectivity index (χ4n) is 3.86. The van der Waals surface area contributed by atoms with Gasteiger partial charge >= 0.3 is 0 Å². The van der Waals surface area contributed by atoms with Crippen molar-refractivity contribution in [2.75, 3.05) is 38.2 Å². The number of aromatic nitrogens is 1. The first-order chi connectivity index (χ1) is 13.3. The zero-order valence-electron chi connectivity index (χ0n) is 16.8. The van der Waals surface area contributed by atoms with E-state index in [1.165, 1.54) is 50.5 Å². The van der Waals surface area contributed by atoms with Crippen molar-refractivity contribution in [3.05, 3.63) is 23.9 Å². The number of hydrogen-bond acceptors (Lipinski definition) is 4. The van der Waals surface area contributed by atoms with Gasteiger partial charge in [0.25, 0.3) is 0 Å². The molecule has 1 aliphatic heterocycles. The lowest BCUT2D eigenvalue weighted by Crippen LogP contribution is -2.37. The molecule has 0 radical (unpaired) electrons. The largest absolute Gasteiger partial charge is 0.378 e. The van der Waals surface area contributed by atoms with Crippen molar-refractivity contribution in [1.82, 2.24) is 15.6 Å². The summed E-state index contributed by atoms with van der Waals surface area (Å²) >= 11 is 0. The summed E-state index contributed by atoms with van der Waals surface area (Å²) in [5.41, 5.74) is 1.23. The van der Waals surface area contributed by atoms with Crippen molar-refractivity contribution >= 4 is 11.8 Å². The summed E-state index contributed by atoms with van der Waals surface area (Å²) in [5, 5.41) is 6.78. The van der Waals surface area contributed by atoms with Gasteiger partial charge in [-0.1, -0.05) is 19.3 Å². The van der Waals surface area contributed by atoms with Gasteiger partial charge in [0.05, 0.1) is 6.10 Å². The number of pyridine rings is 1. The van der Waals surface area contributed by atoms with E-state index in [-0.39, 0.29) is 0 Å². The van der Waals surface area contributed by atoms with Gasteiger partial charge in [-0.2, -0.15) is 0 Å². The van der Waals surface area contributed by atoms with Crippen molar-refractivity contribution in [3.63, 3.8) is 0 Å². The molecule has 2 N–H and O–H groups in total. The van der Waals surface area contributed by atoms with E-state index in [4.69, 9.17) is 4.74 Å². The van der Waals surface area contributed by atoms with Crippen LogP contribution in [-0.4, -0.2) is 50.3 Å². The lowest BCUT2D eigenvalue weighted by molar-refractivity contribution is 0.0277. The van der Waals surface area contributed by atoms with Crippen LogP contribution >= 0.6 is 0 Å². The summed E-state index contributed by atoms with van der Waals surface area (Å²) in [6.07, 6.45) is 12.4. The summed E-state index contributed by atoms with van der Waals surface area (Å²) in [6, 6.07) is 4.25. The molecule has 150 valence electrons. The van der Waals surface area contributed by atoms with Crippen molar-refractivity contribution in [2.24, 2.45) is 4.99 Å². The Balaban J connectivity index is 1.33. The van der Waals surface area contributed by atoms with Gasteiger partial charge in [0.15, 0.2) is 5.96 Å². The predicted molar refractivity (Wildman–Crippen MR) is 111 cm³/mol. The van der Waals surface area contributed by atoms with Crippen LogP contribution in [0.4, 0.5) is 5.82 Å². The van der Waals surface area contributed by atoms with E-state index < -0.39 is 0 Å². The number of hydrogen-bond donors (Lipinski definition) is 2. The lowest BCUT2D eigenvalue weighted by atomic mass is 9.98. The minimum atomic E-state index is 0.493. The quantitative estimate of drug-likeness (QED) is 0.417. The van der Waals surface area contributed by atoms with Gasteiger partial charge in [-0.15, -0.1) is 0 Å². The molecule has 0 spiro atoms. The smallest absolute Gasteiger partial charge is 0.191 e. The molecular formula is C21H35N5O. The predicted octanol–water partition coefficient (Wildman–Crippen LogP) is 3.09. The Morgan fingerprint density at radius 2 is 2.00 bits per heavy atom. The highest BCUT2D eigenvalue weighted by Gasteiger charge is 2.14. The first kappa shape index (κ1) is 19.9. The van der Waals surface area contributed by atoms with Gasteiger partial charge in [0.1, 0.15) is 5.82 Å². The standard InChI is InChI=1S/C21H35N5O/c1-22-21(24-11-7-15-27-19-8-3-2-4-9-19)25-17-18-10-12-23-20(16-18)26-13-5-6-14-26/h10,12,16,19H,2-9,11,13-15,17H2,1H3,(H2,22,24,25). The van der Waals surface area contributed by atoms with Crippen molar-refractivity contribution in [1.29, 1.82) is 0 Å². The topological polar surface area (TPSA) is 61.8 Å². The number of nitrogens with one attached hydrogen (secondary N) is 2. The van der Waals surface area contributed by atoms with E-state index in [1.807, 2.05) is 13.2 Å². The van der Waals surface area contributed by atoms with E-state index in [0.29, 0.717) is 6.10 Å². The van der Waals surface area contributed by atoms with Gasteiger partial charge in [-0.25, -0.2) is 4.98 Å². The zero-order chi connectivity index (χ0) is 18.7. The van der Waals surface area contributed by atoms with Crippen LogP contribution in [0.1, 0.15) is 56.9 Å². The van der Waals surface area contributed by atoms with Gasteiger partial charge in [0.2, 0.25) is 0 Å². The van der Waals surface area contributed by atoms with Crippen LogP contribution in [0.5, 0.6) is 0 Å². The normalized spacial score (nSPS) is 18.7. The fraction of sp³-hybridized carbons (Fsp3) is 0.714. The zero-order valence-corrected chi connectivity index (χ0v) is 16.8. The Bertz CT molecular complexity index is 580. The SMILES string of the molecule is CN=C(NCCCOC1CCCCC1)NCc1ccnc(N2CCCC2)c1. The van der Waals surface area contributed by atoms with Gasteiger partial charge in [-0.05, 0) is 49.8 Å². The molecule has 1 aliphatic carbocycles. The van der Waals surface area contributed by atoms with Gasteiger partial charge < -0.3 is 20.3 Å². The van der Waals surface area contributed by atoms with Crippen LogP contribution in [0.25, 0.3) is 0 Å². The van der Waals surface area contributed by atoms with Gasteiger partial charge in [0, 0.05) is 46.0 Å². The van der Waals surface area contributed by atoms with E-state index in [2.05, 4.69) is 37.6 Å². The summed E-state index contributed by atoms with van der Waals surface area (Å²) < 4.78 is 5.98. The third-order valence-electron chi connectivity index (χ3n) is 5.44. The fourth-order valence-corrected chi connectivity index (χ4v) is 3.86. The molecular weight excluding hydrogens is 338 g/mol. The minimum Gasteiger partial charge on any atom is -0.378 e. The molecule has 1 aromatic rings.